The van der Waals surface area contributed by atoms with Crippen LogP contribution in [0.5, 0.6) is 0 Å². The van der Waals surface area contributed by atoms with Crippen molar-refractivity contribution < 1.29 is 8.42 Å². The van der Waals surface area contributed by atoms with Crippen molar-refractivity contribution in [2.45, 2.75) is 17.9 Å². The van der Waals surface area contributed by atoms with Gasteiger partial charge in [0.2, 0.25) is 10.0 Å². The van der Waals surface area contributed by atoms with Crippen LogP contribution in [0.2, 0.25) is 0 Å². The first-order valence-electron chi connectivity index (χ1n) is 4.69. The van der Waals surface area contributed by atoms with Gasteiger partial charge in [-0.3, -0.25) is 0 Å². The second-order valence-electron chi connectivity index (χ2n) is 3.41. The highest BCUT2D eigenvalue weighted by atomic mass is 32.2. The molecule has 1 aromatic rings. The Bertz CT molecular complexity index is 471. The molecule has 0 aliphatic rings. The van der Waals surface area contributed by atoms with Crippen LogP contribution in [0.3, 0.4) is 0 Å². The van der Waals surface area contributed by atoms with Crippen molar-refractivity contribution in [3.05, 3.63) is 30.3 Å². The van der Waals surface area contributed by atoms with Gasteiger partial charge in [0.15, 0.2) is 0 Å². The van der Waals surface area contributed by atoms with Crippen molar-refractivity contribution in [1.29, 1.82) is 0 Å². The summed E-state index contributed by atoms with van der Waals surface area (Å²) in [6, 6.07) is 7.69. The van der Waals surface area contributed by atoms with Crippen LogP contribution in [0.15, 0.2) is 35.2 Å². The zero-order valence-electron chi connectivity index (χ0n) is 9.12. The van der Waals surface area contributed by atoms with E-state index in [0.717, 1.165) is 0 Å². The van der Waals surface area contributed by atoms with Gasteiger partial charge < -0.3 is 5.73 Å². The molecule has 1 atom stereocenters. The normalized spacial score (nSPS) is 13.7. The maximum atomic E-state index is 12.1. The van der Waals surface area contributed by atoms with E-state index in [1.807, 2.05) is 0 Å². The highest BCUT2D eigenvalue weighted by Crippen LogP contribution is 2.15. The van der Waals surface area contributed by atoms with Crippen molar-refractivity contribution in [2.75, 3.05) is 7.05 Å². The number of likely N-dealkylation sites (N-methyl/N-ethyl adjacent to an activating group) is 1. The molecule has 0 saturated carbocycles. The van der Waals surface area contributed by atoms with Gasteiger partial charge in [0.25, 0.3) is 0 Å². The van der Waals surface area contributed by atoms with E-state index in [0.29, 0.717) is 0 Å². The molecule has 4 nitrogen and oxygen atoms in total. The van der Waals surface area contributed by atoms with Crippen molar-refractivity contribution in [3.8, 4) is 0 Å². The number of sulfonamides is 1. The number of rotatable bonds is 4. The highest BCUT2D eigenvalue weighted by Gasteiger charge is 2.26. The summed E-state index contributed by atoms with van der Waals surface area (Å²) in [7, 11) is -2.05. The third-order valence-electron chi connectivity index (χ3n) is 2.38. The Morgan fingerprint density at radius 2 is 1.88 bits per heavy atom. The van der Waals surface area contributed by atoms with Gasteiger partial charge in [-0.2, -0.15) is 4.31 Å². The Balaban J connectivity index is 3.09. The minimum Gasteiger partial charge on any atom is -0.392 e. The van der Waals surface area contributed by atoms with Crippen LogP contribution in [0.25, 0.3) is 0 Å². The summed E-state index contributed by atoms with van der Waals surface area (Å²) in [6.45, 7) is 1.66. The predicted molar refractivity (Wildman–Crippen MR) is 67.6 cm³/mol. The van der Waals surface area contributed by atoms with E-state index in [-0.39, 0.29) is 9.88 Å². The maximum Gasteiger partial charge on any atom is 0.243 e. The molecule has 1 rings (SSSR count). The van der Waals surface area contributed by atoms with Gasteiger partial charge in [0.05, 0.1) is 15.9 Å². The molecule has 0 heterocycles. The van der Waals surface area contributed by atoms with E-state index >= 15 is 0 Å². The molecule has 0 aliphatic heterocycles. The van der Waals surface area contributed by atoms with E-state index in [1.165, 1.54) is 23.5 Å². The zero-order chi connectivity index (χ0) is 12.3. The first-order valence-corrected chi connectivity index (χ1v) is 6.54. The molecule has 0 amide bonds. The first-order chi connectivity index (χ1) is 7.37. The summed E-state index contributed by atoms with van der Waals surface area (Å²) in [4.78, 5) is 0.391. The second kappa shape index (κ2) is 4.90. The summed E-state index contributed by atoms with van der Waals surface area (Å²) in [5, 5.41) is 0. The summed E-state index contributed by atoms with van der Waals surface area (Å²) < 4.78 is 25.3. The average molecular weight is 258 g/mol. The molecule has 0 bridgehead atoms. The molecule has 1 aromatic carbocycles. The Hall–Kier alpha value is -0.980. The summed E-state index contributed by atoms with van der Waals surface area (Å²) >= 11 is 4.78. The molecule has 0 saturated heterocycles. The van der Waals surface area contributed by atoms with Gasteiger partial charge in [-0.15, -0.1) is 0 Å². The number of nitrogens with zero attached hydrogens (tertiary/aromatic N) is 1. The van der Waals surface area contributed by atoms with Crippen LogP contribution < -0.4 is 5.73 Å². The lowest BCUT2D eigenvalue weighted by atomic mass is 10.3. The van der Waals surface area contributed by atoms with Crippen LogP contribution in [-0.2, 0) is 10.0 Å². The molecule has 0 fully saturated rings. The quantitative estimate of drug-likeness (QED) is 0.818. The van der Waals surface area contributed by atoms with Crippen LogP contribution in [0.4, 0.5) is 0 Å². The van der Waals surface area contributed by atoms with Gasteiger partial charge in [-0.25, -0.2) is 8.42 Å². The van der Waals surface area contributed by atoms with Crippen molar-refractivity contribution in [1.82, 2.24) is 4.31 Å². The maximum absolute atomic E-state index is 12.1. The molecule has 6 heteroatoms. The lowest BCUT2D eigenvalue weighted by molar-refractivity contribution is 0.451. The zero-order valence-corrected chi connectivity index (χ0v) is 10.8. The van der Waals surface area contributed by atoms with E-state index in [1.54, 1.807) is 25.1 Å². The molecule has 0 aliphatic carbocycles. The first kappa shape index (κ1) is 13.1. The topological polar surface area (TPSA) is 63.4 Å². The lowest BCUT2D eigenvalue weighted by Gasteiger charge is -2.23. The molecule has 1 unspecified atom stereocenters. The summed E-state index contributed by atoms with van der Waals surface area (Å²) in [6.07, 6.45) is 0. The fourth-order valence-electron chi connectivity index (χ4n) is 1.15. The van der Waals surface area contributed by atoms with Crippen molar-refractivity contribution in [3.63, 3.8) is 0 Å². The van der Waals surface area contributed by atoms with Gasteiger partial charge in [-0.1, -0.05) is 30.4 Å². The number of thiocarbonyl (C=S) groups is 1. The van der Waals surface area contributed by atoms with Gasteiger partial charge in [-0.05, 0) is 19.1 Å². The van der Waals surface area contributed by atoms with Crippen LogP contribution >= 0.6 is 12.2 Å². The summed E-state index contributed by atoms with van der Waals surface area (Å²) in [5.74, 6) is 0. The molecule has 0 radical (unpaired) electrons. The standard InChI is InChI=1S/C10H14N2O2S2/c1-8(10(11)15)12(2)16(13,14)9-6-4-3-5-7-9/h3-8H,1-2H3,(H2,11,15). The number of hydrogen-bond acceptors (Lipinski definition) is 3. The summed E-state index contributed by atoms with van der Waals surface area (Å²) in [5.41, 5.74) is 5.44. The predicted octanol–water partition coefficient (Wildman–Crippen LogP) is 0.982. The molecule has 0 spiro atoms. The largest absolute Gasteiger partial charge is 0.392 e. The van der Waals surface area contributed by atoms with Crippen LogP contribution in [0.1, 0.15) is 6.92 Å². The molecule has 0 aromatic heterocycles. The minimum absolute atomic E-state index is 0.155. The smallest absolute Gasteiger partial charge is 0.243 e. The van der Waals surface area contributed by atoms with Gasteiger partial charge in [0, 0.05) is 7.05 Å². The third-order valence-corrected chi connectivity index (χ3v) is 4.66. The second-order valence-corrected chi connectivity index (χ2v) is 5.88. The number of hydrogen-bond donors (Lipinski definition) is 1. The van der Waals surface area contributed by atoms with Gasteiger partial charge in [0.1, 0.15) is 0 Å². The minimum atomic E-state index is -3.52. The third kappa shape index (κ3) is 2.58. The van der Waals surface area contributed by atoms with E-state index in [2.05, 4.69) is 0 Å². The fourth-order valence-corrected chi connectivity index (χ4v) is 2.73. The monoisotopic (exact) mass is 258 g/mol. The average Bonchev–Trinajstić information content (AvgIpc) is 2.28. The Labute approximate surface area is 101 Å². The van der Waals surface area contributed by atoms with Crippen LogP contribution in [-0.4, -0.2) is 30.8 Å². The number of nitrogens with two attached hydrogens (primary N) is 1. The lowest BCUT2D eigenvalue weighted by Crippen LogP contribution is -2.42. The Morgan fingerprint density at radius 3 is 2.31 bits per heavy atom. The Morgan fingerprint density at radius 1 is 1.38 bits per heavy atom. The Kier molecular flexibility index (Phi) is 4.01. The molecule has 2 N–H and O–H groups in total. The van der Waals surface area contributed by atoms with E-state index in [9.17, 15) is 8.42 Å². The van der Waals surface area contributed by atoms with Crippen molar-refractivity contribution in [2.24, 2.45) is 5.73 Å². The van der Waals surface area contributed by atoms with Crippen molar-refractivity contribution >= 4 is 27.2 Å². The van der Waals surface area contributed by atoms with Crippen LogP contribution in [0, 0.1) is 0 Å². The molecule has 88 valence electrons. The SMILES string of the molecule is CC(C(N)=S)N(C)S(=O)(=O)c1ccccc1. The number of benzene rings is 1. The highest BCUT2D eigenvalue weighted by molar-refractivity contribution is 7.89. The fraction of sp³-hybridized carbons (Fsp3) is 0.300. The van der Waals surface area contributed by atoms with Gasteiger partial charge >= 0.3 is 0 Å². The van der Waals surface area contributed by atoms with E-state index < -0.39 is 16.1 Å². The molecular formula is C10H14N2O2S2. The molecular weight excluding hydrogens is 244 g/mol. The van der Waals surface area contributed by atoms with E-state index in [4.69, 9.17) is 18.0 Å². The molecule has 16 heavy (non-hydrogen) atoms.